The summed E-state index contributed by atoms with van der Waals surface area (Å²) in [5.41, 5.74) is 1.35. The molecular formula is C20H20FN3O3S. The summed E-state index contributed by atoms with van der Waals surface area (Å²) in [6, 6.07) is 13.1. The monoisotopic (exact) mass is 401 g/mol. The number of aromatic nitrogens is 3. The third-order valence-corrected chi connectivity index (χ3v) is 5.05. The van der Waals surface area contributed by atoms with E-state index < -0.39 is 0 Å². The fourth-order valence-corrected chi connectivity index (χ4v) is 3.44. The lowest BCUT2D eigenvalue weighted by Crippen LogP contribution is -2.09. The molecule has 0 saturated heterocycles. The molecule has 0 radical (unpaired) electrons. The molecule has 0 atom stereocenters. The molecule has 0 aliphatic rings. The van der Waals surface area contributed by atoms with Gasteiger partial charge in [-0.2, -0.15) is 0 Å². The lowest BCUT2D eigenvalue weighted by molar-refractivity contribution is 0.102. The van der Waals surface area contributed by atoms with E-state index in [1.807, 2.05) is 28.8 Å². The number of carbonyl (C=O) groups is 1. The Balaban J connectivity index is 1.79. The summed E-state index contributed by atoms with van der Waals surface area (Å²) in [6.45, 7) is 1.04. The Morgan fingerprint density at radius 2 is 1.79 bits per heavy atom. The van der Waals surface area contributed by atoms with E-state index in [-0.39, 0.29) is 17.4 Å². The summed E-state index contributed by atoms with van der Waals surface area (Å²) in [5.74, 6) is 1.16. The predicted molar refractivity (Wildman–Crippen MR) is 105 cm³/mol. The number of Topliss-reactive ketones (excluding diaryl/α,β-unsaturated/α-hetero) is 1. The van der Waals surface area contributed by atoms with Gasteiger partial charge in [0.2, 0.25) is 0 Å². The van der Waals surface area contributed by atoms with Crippen molar-refractivity contribution in [3.63, 3.8) is 0 Å². The normalized spacial score (nSPS) is 10.8. The SMILES string of the molecule is COCCn1c(SCC(=O)c2ccc(F)cc2)nnc1-c1ccc(OC)cc1. The van der Waals surface area contributed by atoms with Crippen LogP contribution in [0.1, 0.15) is 10.4 Å². The Bertz CT molecular complexity index is 927. The van der Waals surface area contributed by atoms with Gasteiger partial charge in [-0.05, 0) is 48.5 Å². The molecule has 0 aliphatic carbocycles. The van der Waals surface area contributed by atoms with E-state index in [1.54, 1.807) is 14.2 Å². The first kappa shape index (κ1) is 20.0. The summed E-state index contributed by atoms with van der Waals surface area (Å²) in [5, 5.41) is 9.16. The molecule has 0 bridgehead atoms. The molecule has 0 N–H and O–H groups in total. The van der Waals surface area contributed by atoms with Crippen molar-refractivity contribution in [2.24, 2.45) is 0 Å². The lowest BCUT2D eigenvalue weighted by Gasteiger charge is -2.10. The van der Waals surface area contributed by atoms with Gasteiger partial charge < -0.3 is 9.47 Å². The Morgan fingerprint density at radius 1 is 1.07 bits per heavy atom. The molecule has 3 aromatic rings. The molecule has 6 nitrogen and oxygen atoms in total. The van der Waals surface area contributed by atoms with Crippen LogP contribution in [0.4, 0.5) is 4.39 Å². The standard InChI is InChI=1S/C20H20FN3O3S/c1-26-12-11-24-19(15-5-9-17(27-2)10-6-15)22-23-20(24)28-13-18(25)14-3-7-16(21)8-4-14/h3-10H,11-13H2,1-2H3. The molecule has 0 saturated carbocycles. The van der Waals surface area contributed by atoms with Gasteiger partial charge in [0.05, 0.1) is 26.0 Å². The van der Waals surface area contributed by atoms with Crippen LogP contribution in [-0.4, -0.2) is 47.1 Å². The van der Waals surface area contributed by atoms with Crippen molar-refractivity contribution in [2.75, 3.05) is 26.6 Å². The highest BCUT2D eigenvalue weighted by Crippen LogP contribution is 2.26. The van der Waals surface area contributed by atoms with Crippen LogP contribution in [0, 0.1) is 5.82 Å². The summed E-state index contributed by atoms with van der Waals surface area (Å²) in [4.78, 5) is 12.4. The van der Waals surface area contributed by atoms with E-state index in [1.165, 1.54) is 36.0 Å². The van der Waals surface area contributed by atoms with Gasteiger partial charge in [-0.25, -0.2) is 4.39 Å². The fourth-order valence-electron chi connectivity index (χ4n) is 2.58. The third kappa shape index (κ3) is 4.76. The molecule has 1 aromatic heterocycles. The molecule has 3 rings (SSSR count). The van der Waals surface area contributed by atoms with Crippen molar-refractivity contribution in [1.29, 1.82) is 0 Å². The van der Waals surface area contributed by atoms with Crippen LogP contribution >= 0.6 is 11.8 Å². The second-order valence-electron chi connectivity index (χ2n) is 5.90. The molecule has 0 fully saturated rings. The zero-order valence-electron chi connectivity index (χ0n) is 15.6. The first-order valence-electron chi connectivity index (χ1n) is 8.60. The van der Waals surface area contributed by atoms with Crippen molar-refractivity contribution < 1.29 is 18.7 Å². The maximum absolute atomic E-state index is 13.0. The Kier molecular flexibility index (Phi) is 6.78. The van der Waals surface area contributed by atoms with Crippen LogP contribution in [0.15, 0.2) is 53.7 Å². The molecule has 0 aliphatic heterocycles. The molecule has 0 unspecified atom stereocenters. The molecule has 0 spiro atoms. The second-order valence-corrected chi connectivity index (χ2v) is 6.84. The van der Waals surface area contributed by atoms with Gasteiger partial charge in [0.25, 0.3) is 0 Å². The number of carbonyl (C=O) groups excluding carboxylic acids is 1. The zero-order chi connectivity index (χ0) is 19.9. The summed E-state index contributed by atoms with van der Waals surface area (Å²) in [7, 11) is 3.24. The van der Waals surface area contributed by atoms with E-state index >= 15 is 0 Å². The Hall–Kier alpha value is -2.71. The van der Waals surface area contributed by atoms with Crippen LogP contribution < -0.4 is 4.74 Å². The number of hydrogen-bond acceptors (Lipinski definition) is 6. The first-order valence-corrected chi connectivity index (χ1v) is 9.59. The highest BCUT2D eigenvalue weighted by molar-refractivity contribution is 7.99. The highest BCUT2D eigenvalue weighted by Gasteiger charge is 2.16. The van der Waals surface area contributed by atoms with Crippen LogP contribution in [0.25, 0.3) is 11.4 Å². The Morgan fingerprint density at radius 3 is 2.43 bits per heavy atom. The number of rotatable bonds is 9. The predicted octanol–water partition coefficient (Wildman–Crippen LogP) is 3.71. The quantitative estimate of drug-likeness (QED) is 0.402. The third-order valence-electron chi connectivity index (χ3n) is 4.08. The fraction of sp³-hybridized carbons (Fsp3) is 0.250. The molecule has 1 heterocycles. The van der Waals surface area contributed by atoms with Crippen molar-refractivity contribution in [3.05, 3.63) is 59.9 Å². The minimum atomic E-state index is -0.368. The molecule has 0 amide bonds. The average Bonchev–Trinajstić information content (AvgIpc) is 3.13. The summed E-state index contributed by atoms with van der Waals surface area (Å²) < 4.78 is 25.3. The number of hydrogen-bond donors (Lipinski definition) is 0. The number of ether oxygens (including phenoxy) is 2. The van der Waals surface area contributed by atoms with E-state index in [9.17, 15) is 9.18 Å². The highest BCUT2D eigenvalue weighted by atomic mass is 32.2. The van der Waals surface area contributed by atoms with Gasteiger partial charge in [-0.3, -0.25) is 9.36 Å². The number of thioether (sulfide) groups is 1. The molecule has 8 heteroatoms. The van der Waals surface area contributed by atoms with Gasteiger partial charge in [-0.15, -0.1) is 10.2 Å². The number of benzene rings is 2. The number of halogens is 1. The van der Waals surface area contributed by atoms with Crippen LogP contribution in [0.2, 0.25) is 0 Å². The maximum atomic E-state index is 13.0. The smallest absolute Gasteiger partial charge is 0.192 e. The van der Waals surface area contributed by atoms with Crippen molar-refractivity contribution in [1.82, 2.24) is 14.8 Å². The molecule has 146 valence electrons. The van der Waals surface area contributed by atoms with Crippen molar-refractivity contribution in [3.8, 4) is 17.1 Å². The first-order chi connectivity index (χ1) is 13.6. The molecule has 28 heavy (non-hydrogen) atoms. The largest absolute Gasteiger partial charge is 0.497 e. The summed E-state index contributed by atoms with van der Waals surface area (Å²) >= 11 is 1.29. The van der Waals surface area contributed by atoms with Crippen molar-refractivity contribution in [2.45, 2.75) is 11.7 Å². The second kappa shape index (κ2) is 9.48. The maximum Gasteiger partial charge on any atom is 0.192 e. The van der Waals surface area contributed by atoms with Gasteiger partial charge >= 0.3 is 0 Å². The average molecular weight is 401 g/mol. The number of methoxy groups -OCH3 is 2. The van der Waals surface area contributed by atoms with Gasteiger partial charge in [-0.1, -0.05) is 11.8 Å². The number of ketones is 1. The van der Waals surface area contributed by atoms with Gasteiger partial charge in [0.15, 0.2) is 16.8 Å². The Labute approximate surface area is 166 Å². The van der Waals surface area contributed by atoms with Crippen LogP contribution in [-0.2, 0) is 11.3 Å². The summed E-state index contributed by atoms with van der Waals surface area (Å²) in [6.07, 6.45) is 0. The van der Waals surface area contributed by atoms with Crippen LogP contribution in [0.3, 0.4) is 0 Å². The minimum Gasteiger partial charge on any atom is -0.497 e. The van der Waals surface area contributed by atoms with Crippen molar-refractivity contribution >= 4 is 17.5 Å². The van der Waals surface area contributed by atoms with E-state index in [4.69, 9.17) is 9.47 Å². The van der Waals surface area contributed by atoms with Crippen LogP contribution in [0.5, 0.6) is 5.75 Å². The van der Waals surface area contributed by atoms with E-state index in [0.717, 1.165) is 11.3 Å². The van der Waals surface area contributed by atoms with Gasteiger partial charge in [0.1, 0.15) is 11.6 Å². The minimum absolute atomic E-state index is 0.0997. The topological polar surface area (TPSA) is 66.2 Å². The number of nitrogens with zero attached hydrogens (tertiary/aromatic N) is 3. The van der Waals surface area contributed by atoms with E-state index in [0.29, 0.717) is 29.7 Å². The van der Waals surface area contributed by atoms with Gasteiger partial charge in [0, 0.05) is 18.2 Å². The lowest BCUT2D eigenvalue weighted by atomic mass is 10.1. The molecular weight excluding hydrogens is 381 g/mol. The molecule has 2 aromatic carbocycles. The van der Waals surface area contributed by atoms with E-state index in [2.05, 4.69) is 10.2 Å². The zero-order valence-corrected chi connectivity index (χ0v) is 16.4.